The predicted molar refractivity (Wildman–Crippen MR) is 112 cm³/mol. The summed E-state index contributed by atoms with van der Waals surface area (Å²) in [6.45, 7) is 0.701. The number of hydrogen-bond donors (Lipinski definition) is 2. The number of hydrogen-bond acceptors (Lipinski definition) is 4. The van der Waals surface area contributed by atoms with E-state index >= 15 is 0 Å². The van der Waals surface area contributed by atoms with Crippen LogP contribution in [-0.4, -0.2) is 29.7 Å². The number of para-hydroxylation sites is 1. The molecule has 4 rings (SSSR count). The molecular weight excluding hydrogens is 350 g/mol. The van der Waals surface area contributed by atoms with E-state index in [1.807, 2.05) is 18.2 Å². The molecule has 28 heavy (non-hydrogen) atoms. The van der Waals surface area contributed by atoms with E-state index in [1.54, 1.807) is 6.20 Å². The lowest BCUT2D eigenvalue weighted by Crippen LogP contribution is -2.13. The predicted octanol–water partition coefficient (Wildman–Crippen LogP) is 4.69. The van der Waals surface area contributed by atoms with Crippen molar-refractivity contribution in [2.75, 3.05) is 23.8 Å². The van der Waals surface area contributed by atoms with Crippen LogP contribution in [-0.2, 0) is 6.42 Å². The average molecular weight is 373 g/mol. The highest BCUT2D eigenvalue weighted by molar-refractivity contribution is 5.93. The molecule has 1 aliphatic carbocycles. The van der Waals surface area contributed by atoms with Crippen LogP contribution in [0.5, 0.6) is 0 Å². The average Bonchev–Trinajstić information content (AvgIpc) is 3.14. The molecule has 1 atom stereocenters. The van der Waals surface area contributed by atoms with Crippen molar-refractivity contribution in [2.24, 2.45) is 0 Å². The second-order valence-electron chi connectivity index (χ2n) is 7.12. The maximum absolute atomic E-state index is 11.4. The number of carbonyl (C=O) groups is 1. The topological polar surface area (TPSA) is 65.5 Å². The lowest BCUT2D eigenvalue weighted by atomic mass is 10.0. The Morgan fingerprint density at radius 3 is 2.79 bits per heavy atom. The minimum absolute atomic E-state index is 0.257. The molecule has 1 aliphatic rings. The minimum atomic E-state index is -0.940. The lowest BCUT2D eigenvalue weighted by Gasteiger charge is -2.21. The van der Waals surface area contributed by atoms with Crippen LogP contribution >= 0.6 is 0 Å². The lowest BCUT2D eigenvalue weighted by molar-refractivity contribution is 0.0698. The summed E-state index contributed by atoms with van der Waals surface area (Å²) in [7, 11) is 2.08. The number of aryl methyl sites for hydroxylation is 1. The van der Waals surface area contributed by atoms with Crippen molar-refractivity contribution in [3.05, 3.63) is 83.7 Å². The summed E-state index contributed by atoms with van der Waals surface area (Å²) in [5.74, 6) is -0.571. The Labute approximate surface area is 164 Å². The van der Waals surface area contributed by atoms with Gasteiger partial charge in [-0.15, -0.1) is 0 Å². The molecule has 0 saturated carbocycles. The second-order valence-corrected chi connectivity index (χ2v) is 7.12. The zero-order valence-corrected chi connectivity index (χ0v) is 15.8. The van der Waals surface area contributed by atoms with Gasteiger partial charge in [0.2, 0.25) is 0 Å². The maximum atomic E-state index is 11.4. The van der Waals surface area contributed by atoms with Gasteiger partial charge in [0.15, 0.2) is 0 Å². The van der Waals surface area contributed by atoms with Crippen LogP contribution in [0.4, 0.5) is 17.1 Å². The van der Waals surface area contributed by atoms with Gasteiger partial charge in [-0.1, -0.05) is 24.3 Å². The summed E-state index contributed by atoms with van der Waals surface area (Å²) in [4.78, 5) is 17.6. The van der Waals surface area contributed by atoms with Gasteiger partial charge in [-0.3, -0.25) is 4.98 Å². The summed E-state index contributed by atoms with van der Waals surface area (Å²) in [5.41, 5.74) is 5.89. The van der Waals surface area contributed by atoms with Gasteiger partial charge in [-0.2, -0.15) is 0 Å². The van der Waals surface area contributed by atoms with Crippen LogP contribution in [0, 0.1) is 0 Å². The van der Waals surface area contributed by atoms with Crippen LogP contribution in [0.2, 0.25) is 0 Å². The van der Waals surface area contributed by atoms with Gasteiger partial charge in [0, 0.05) is 37.1 Å². The van der Waals surface area contributed by atoms with Crippen LogP contribution in [0.25, 0.3) is 0 Å². The molecule has 1 aromatic heterocycles. The molecule has 1 heterocycles. The van der Waals surface area contributed by atoms with E-state index in [4.69, 9.17) is 0 Å². The minimum Gasteiger partial charge on any atom is -0.478 e. The van der Waals surface area contributed by atoms with Gasteiger partial charge in [-0.05, 0) is 54.3 Å². The Hall–Kier alpha value is -3.34. The molecule has 0 bridgehead atoms. The fourth-order valence-electron chi connectivity index (χ4n) is 3.87. The smallest absolute Gasteiger partial charge is 0.337 e. The van der Waals surface area contributed by atoms with Crippen molar-refractivity contribution < 1.29 is 9.90 Å². The summed E-state index contributed by atoms with van der Waals surface area (Å²) in [6, 6.07) is 18.5. The molecule has 5 nitrogen and oxygen atoms in total. The van der Waals surface area contributed by atoms with Crippen molar-refractivity contribution in [2.45, 2.75) is 18.8 Å². The molecule has 0 spiro atoms. The summed E-state index contributed by atoms with van der Waals surface area (Å²) >= 11 is 0. The first-order valence-electron chi connectivity index (χ1n) is 9.46. The Morgan fingerprint density at radius 1 is 1.18 bits per heavy atom. The molecule has 2 aromatic carbocycles. The SMILES string of the molecule is CN(c1ccccc1)c1ccc2c(c1)CC[C@H]2CNc1cnccc1C(=O)O. The number of aromatic nitrogens is 1. The van der Waals surface area contributed by atoms with E-state index in [9.17, 15) is 9.90 Å². The Morgan fingerprint density at radius 2 is 2.00 bits per heavy atom. The van der Waals surface area contributed by atoms with Crippen LogP contribution in [0.3, 0.4) is 0 Å². The van der Waals surface area contributed by atoms with Crippen LogP contribution in [0.15, 0.2) is 67.0 Å². The van der Waals surface area contributed by atoms with Crippen LogP contribution < -0.4 is 10.2 Å². The highest BCUT2D eigenvalue weighted by Crippen LogP contribution is 2.36. The molecule has 0 unspecified atom stereocenters. The zero-order chi connectivity index (χ0) is 19.5. The number of aromatic carboxylic acids is 1. The first-order chi connectivity index (χ1) is 13.6. The third-order valence-corrected chi connectivity index (χ3v) is 5.45. The number of pyridine rings is 1. The number of fused-ring (bicyclic) bond motifs is 1. The number of carboxylic acids is 1. The van der Waals surface area contributed by atoms with Crippen molar-refractivity contribution in [1.29, 1.82) is 0 Å². The fourth-order valence-corrected chi connectivity index (χ4v) is 3.87. The number of nitrogens with one attached hydrogen (secondary N) is 1. The molecule has 0 radical (unpaired) electrons. The maximum Gasteiger partial charge on any atom is 0.337 e. The molecule has 3 aromatic rings. The van der Waals surface area contributed by atoms with Crippen LogP contribution in [0.1, 0.15) is 33.8 Å². The Kier molecular flexibility index (Phi) is 4.98. The quantitative estimate of drug-likeness (QED) is 0.656. The van der Waals surface area contributed by atoms with Crippen molar-refractivity contribution in [3.63, 3.8) is 0 Å². The summed E-state index contributed by atoms with van der Waals surface area (Å²) < 4.78 is 0. The molecule has 5 heteroatoms. The van der Waals surface area contributed by atoms with E-state index in [2.05, 4.69) is 52.6 Å². The molecular formula is C23H23N3O2. The summed E-state index contributed by atoms with van der Waals surface area (Å²) in [6.07, 6.45) is 5.18. The number of carboxylic acid groups (broad SMARTS) is 1. The molecule has 0 amide bonds. The zero-order valence-electron chi connectivity index (χ0n) is 15.8. The fraction of sp³-hybridized carbons (Fsp3) is 0.217. The van der Waals surface area contributed by atoms with Crippen molar-refractivity contribution in [3.8, 4) is 0 Å². The number of anilines is 3. The second kappa shape index (κ2) is 7.72. The van der Waals surface area contributed by atoms with E-state index < -0.39 is 5.97 Å². The highest BCUT2D eigenvalue weighted by Gasteiger charge is 2.23. The molecule has 0 saturated heterocycles. The normalized spacial score (nSPS) is 15.1. The largest absolute Gasteiger partial charge is 0.478 e. The number of rotatable bonds is 6. The van der Waals surface area contributed by atoms with Gasteiger partial charge in [-0.25, -0.2) is 4.79 Å². The first kappa shape index (κ1) is 18.0. The molecule has 0 aliphatic heterocycles. The third-order valence-electron chi connectivity index (χ3n) is 5.45. The Balaban J connectivity index is 1.49. The van der Waals surface area contributed by atoms with E-state index in [-0.39, 0.29) is 5.56 Å². The van der Waals surface area contributed by atoms with Gasteiger partial charge in [0.25, 0.3) is 0 Å². The van der Waals surface area contributed by atoms with E-state index in [0.717, 1.165) is 18.5 Å². The van der Waals surface area contributed by atoms with Gasteiger partial charge in [0.1, 0.15) is 0 Å². The molecule has 0 fully saturated rings. The van der Waals surface area contributed by atoms with Gasteiger partial charge < -0.3 is 15.3 Å². The number of nitrogens with zero attached hydrogens (tertiary/aromatic N) is 2. The van der Waals surface area contributed by atoms with Gasteiger partial charge in [0.05, 0.1) is 17.4 Å². The number of benzene rings is 2. The highest BCUT2D eigenvalue weighted by atomic mass is 16.4. The Bertz CT molecular complexity index is 988. The first-order valence-corrected chi connectivity index (χ1v) is 9.46. The van der Waals surface area contributed by atoms with E-state index in [1.165, 1.54) is 29.1 Å². The monoisotopic (exact) mass is 373 g/mol. The van der Waals surface area contributed by atoms with Gasteiger partial charge >= 0.3 is 5.97 Å². The van der Waals surface area contributed by atoms with E-state index in [0.29, 0.717) is 18.2 Å². The van der Waals surface area contributed by atoms with Crippen molar-refractivity contribution in [1.82, 2.24) is 4.98 Å². The molecule has 142 valence electrons. The standard InChI is InChI=1S/C23H23N3O2/c1-26(18-5-3-2-4-6-18)19-9-10-20-16(13-19)7-8-17(20)14-25-22-15-24-12-11-21(22)23(27)28/h2-6,9-13,15,17,25H,7-8,14H2,1H3,(H,27,28)/t17-/m0/s1. The third kappa shape index (κ3) is 3.56. The molecule has 2 N–H and O–H groups in total. The van der Waals surface area contributed by atoms with Crippen molar-refractivity contribution >= 4 is 23.0 Å². The summed E-state index contributed by atoms with van der Waals surface area (Å²) in [5, 5.41) is 12.6.